The van der Waals surface area contributed by atoms with E-state index in [-0.39, 0.29) is 11.2 Å². The second-order valence-electron chi connectivity index (χ2n) is 6.49. The van der Waals surface area contributed by atoms with Crippen molar-refractivity contribution in [2.45, 2.75) is 6.54 Å². The molecule has 7 heteroatoms. The summed E-state index contributed by atoms with van der Waals surface area (Å²) < 4.78 is 1.46. The second kappa shape index (κ2) is 7.37. The van der Waals surface area contributed by atoms with Crippen molar-refractivity contribution in [3.05, 3.63) is 105 Å². The van der Waals surface area contributed by atoms with Gasteiger partial charge in [0.15, 0.2) is 0 Å². The van der Waals surface area contributed by atoms with Gasteiger partial charge in [0.25, 0.3) is 11.2 Å². The number of rotatable bonds is 4. The lowest BCUT2D eigenvalue weighted by molar-refractivity contribution is -0.384. The van der Waals surface area contributed by atoms with Gasteiger partial charge in [-0.05, 0) is 28.8 Å². The van der Waals surface area contributed by atoms with Gasteiger partial charge in [0.2, 0.25) is 0 Å². The minimum Gasteiger partial charge on any atom is -0.294 e. The predicted molar refractivity (Wildman–Crippen MR) is 108 cm³/mol. The molecular formula is C22H14N4O3. The zero-order valence-corrected chi connectivity index (χ0v) is 15.1. The maximum Gasteiger partial charge on any atom is 0.271 e. The molecule has 29 heavy (non-hydrogen) atoms. The van der Waals surface area contributed by atoms with E-state index < -0.39 is 4.92 Å². The Morgan fingerprint density at radius 3 is 2.55 bits per heavy atom. The standard InChI is InChI=1S/C22H14N4O3/c23-12-17-3-1-2-4-19(17)16-7-5-15(6-8-16)13-25-14-24-21-11-18(26(28)29)9-10-20(21)22(25)27/h1-11,14H,13H2. The smallest absolute Gasteiger partial charge is 0.271 e. The monoisotopic (exact) mass is 382 g/mol. The van der Waals surface area contributed by atoms with Crippen LogP contribution in [0.1, 0.15) is 11.1 Å². The normalized spacial score (nSPS) is 10.6. The molecule has 0 unspecified atom stereocenters. The molecule has 3 aromatic carbocycles. The van der Waals surface area contributed by atoms with E-state index in [0.717, 1.165) is 16.7 Å². The van der Waals surface area contributed by atoms with Crippen LogP contribution in [0.25, 0.3) is 22.0 Å². The van der Waals surface area contributed by atoms with Crippen LogP contribution in [-0.2, 0) is 6.54 Å². The van der Waals surface area contributed by atoms with Crippen molar-refractivity contribution in [1.82, 2.24) is 9.55 Å². The van der Waals surface area contributed by atoms with Crippen LogP contribution < -0.4 is 5.56 Å². The molecule has 1 aromatic heterocycles. The molecule has 0 aliphatic heterocycles. The molecule has 0 saturated heterocycles. The summed E-state index contributed by atoms with van der Waals surface area (Å²) in [7, 11) is 0. The zero-order valence-electron chi connectivity index (χ0n) is 15.1. The minimum atomic E-state index is -0.515. The molecule has 0 N–H and O–H groups in total. The number of hydrogen-bond acceptors (Lipinski definition) is 5. The van der Waals surface area contributed by atoms with Crippen molar-refractivity contribution in [3.63, 3.8) is 0 Å². The average Bonchev–Trinajstić information content (AvgIpc) is 2.76. The number of nitro benzene ring substituents is 1. The molecule has 0 radical (unpaired) electrons. The van der Waals surface area contributed by atoms with Crippen molar-refractivity contribution in [3.8, 4) is 17.2 Å². The zero-order chi connectivity index (χ0) is 20.4. The lowest BCUT2D eigenvalue weighted by Gasteiger charge is -2.09. The van der Waals surface area contributed by atoms with Gasteiger partial charge in [0.05, 0.1) is 40.3 Å². The molecule has 0 amide bonds. The first-order valence-electron chi connectivity index (χ1n) is 8.79. The molecule has 140 valence electrons. The molecule has 0 aliphatic rings. The summed E-state index contributed by atoms with van der Waals surface area (Å²) in [4.78, 5) is 27.3. The summed E-state index contributed by atoms with van der Waals surface area (Å²) in [6, 6.07) is 21.2. The molecule has 4 aromatic rings. The van der Waals surface area contributed by atoms with Crippen LogP contribution >= 0.6 is 0 Å². The van der Waals surface area contributed by atoms with Gasteiger partial charge < -0.3 is 0 Å². The number of fused-ring (bicyclic) bond motifs is 1. The van der Waals surface area contributed by atoms with Gasteiger partial charge in [-0.15, -0.1) is 0 Å². The summed E-state index contributed by atoms with van der Waals surface area (Å²) in [5.41, 5.74) is 3.20. The van der Waals surface area contributed by atoms with E-state index in [1.54, 1.807) is 6.07 Å². The SMILES string of the molecule is N#Cc1ccccc1-c1ccc(Cn2cnc3cc([N+](=O)[O-])ccc3c2=O)cc1. The van der Waals surface area contributed by atoms with Gasteiger partial charge in [-0.3, -0.25) is 19.5 Å². The first kappa shape index (κ1) is 18.1. The number of hydrogen-bond donors (Lipinski definition) is 0. The number of nitriles is 1. The fourth-order valence-corrected chi connectivity index (χ4v) is 3.19. The average molecular weight is 382 g/mol. The Labute approximate surface area is 165 Å². The van der Waals surface area contributed by atoms with Gasteiger partial charge in [-0.25, -0.2) is 4.98 Å². The van der Waals surface area contributed by atoms with Crippen LogP contribution in [0.2, 0.25) is 0 Å². The number of non-ortho nitro benzene ring substituents is 1. The topological polar surface area (TPSA) is 102 Å². The molecule has 0 aliphatic carbocycles. The molecule has 0 spiro atoms. The van der Waals surface area contributed by atoms with Crippen LogP contribution in [-0.4, -0.2) is 14.5 Å². The Morgan fingerprint density at radius 1 is 1.07 bits per heavy atom. The van der Waals surface area contributed by atoms with Crippen LogP contribution in [0.5, 0.6) is 0 Å². The summed E-state index contributed by atoms with van der Waals surface area (Å²) >= 11 is 0. The summed E-state index contributed by atoms with van der Waals surface area (Å²) in [5.74, 6) is 0. The highest BCUT2D eigenvalue weighted by molar-refractivity contribution is 5.79. The highest BCUT2D eigenvalue weighted by Gasteiger charge is 2.11. The molecule has 7 nitrogen and oxygen atoms in total. The van der Waals surface area contributed by atoms with Gasteiger partial charge >= 0.3 is 0 Å². The molecule has 1 heterocycles. The quantitative estimate of drug-likeness (QED) is 0.393. The maximum absolute atomic E-state index is 12.7. The summed E-state index contributed by atoms with van der Waals surface area (Å²) in [5, 5.41) is 20.5. The lowest BCUT2D eigenvalue weighted by Crippen LogP contribution is -2.21. The molecule has 0 bridgehead atoms. The maximum atomic E-state index is 12.7. The number of nitrogens with zero attached hydrogens (tertiary/aromatic N) is 4. The number of benzene rings is 3. The van der Waals surface area contributed by atoms with E-state index in [9.17, 15) is 20.2 Å². The molecular weight excluding hydrogens is 368 g/mol. The highest BCUT2D eigenvalue weighted by atomic mass is 16.6. The van der Waals surface area contributed by atoms with Gasteiger partial charge in [0, 0.05) is 12.1 Å². The Hall–Kier alpha value is -4.31. The van der Waals surface area contributed by atoms with E-state index in [4.69, 9.17) is 0 Å². The summed E-state index contributed by atoms with van der Waals surface area (Å²) in [6.45, 7) is 0.318. The third kappa shape index (κ3) is 3.47. The van der Waals surface area contributed by atoms with Crippen molar-refractivity contribution >= 4 is 16.6 Å². The first-order valence-corrected chi connectivity index (χ1v) is 8.79. The van der Waals surface area contributed by atoms with E-state index in [0.29, 0.717) is 23.0 Å². The van der Waals surface area contributed by atoms with Crippen LogP contribution in [0.4, 0.5) is 5.69 Å². The van der Waals surface area contributed by atoms with Crippen LogP contribution in [0.3, 0.4) is 0 Å². The Bertz CT molecular complexity index is 1340. The van der Waals surface area contributed by atoms with Crippen LogP contribution in [0, 0.1) is 21.4 Å². The number of aromatic nitrogens is 2. The third-order valence-electron chi connectivity index (χ3n) is 4.68. The highest BCUT2D eigenvalue weighted by Crippen LogP contribution is 2.23. The Kier molecular flexibility index (Phi) is 4.59. The van der Waals surface area contributed by atoms with Crippen LogP contribution in [0.15, 0.2) is 77.9 Å². The lowest BCUT2D eigenvalue weighted by atomic mass is 9.99. The van der Waals surface area contributed by atoms with Crippen molar-refractivity contribution < 1.29 is 4.92 Å². The predicted octanol–water partition coefficient (Wildman–Crippen LogP) is 3.89. The van der Waals surface area contributed by atoms with E-state index in [1.165, 1.54) is 29.1 Å². The molecule has 0 atom stereocenters. The minimum absolute atomic E-state index is 0.101. The van der Waals surface area contributed by atoms with Crippen molar-refractivity contribution in [2.75, 3.05) is 0 Å². The largest absolute Gasteiger partial charge is 0.294 e. The fourth-order valence-electron chi connectivity index (χ4n) is 3.19. The van der Waals surface area contributed by atoms with Crippen molar-refractivity contribution in [2.24, 2.45) is 0 Å². The number of nitro groups is 1. The van der Waals surface area contributed by atoms with Gasteiger partial charge in [-0.2, -0.15) is 5.26 Å². The van der Waals surface area contributed by atoms with E-state index >= 15 is 0 Å². The molecule has 4 rings (SSSR count). The Morgan fingerprint density at radius 2 is 1.83 bits per heavy atom. The molecule has 0 fully saturated rings. The second-order valence-corrected chi connectivity index (χ2v) is 6.49. The fraction of sp³-hybridized carbons (Fsp3) is 0.0455. The van der Waals surface area contributed by atoms with E-state index in [1.807, 2.05) is 42.5 Å². The van der Waals surface area contributed by atoms with Crippen molar-refractivity contribution in [1.29, 1.82) is 5.26 Å². The third-order valence-corrected chi connectivity index (χ3v) is 4.68. The van der Waals surface area contributed by atoms with Gasteiger partial charge in [0.1, 0.15) is 0 Å². The van der Waals surface area contributed by atoms with E-state index in [2.05, 4.69) is 11.1 Å². The summed E-state index contributed by atoms with van der Waals surface area (Å²) in [6.07, 6.45) is 1.40. The molecule has 0 saturated carbocycles. The first-order chi connectivity index (χ1) is 14.1. The van der Waals surface area contributed by atoms with Gasteiger partial charge in [-0.1, -0.05) is 42.5 Å². The Balaban J connectivity index is 1.64.